The zero-order chi connectivity index (χ0) is 18.0. The maximum absolute atomic E-state index is 12.5. The van der Waals surface area contributed by atoms with Gasteiger partial charge in [0.1, 0.15) is 5.69 Å². The first-order valence-electron chi connectivity index (χ1n) is 8.53. The number of amides is 2. The van der Waals surface area contributed by atoms with Crippen LogP contribution in [0.5, 0.6) is 0 Å². The molecule has 1 saturated heterocycles. The van der Waals surface area contributed by atoms with Crippen molar-refractivity contribution in [1.82, 2.24) is 9.88 Å². The van der Waals surface area contributed by atoms with Crippen LogP contribution in [0.25, 0.3) is 0 Å². The van der Waals surface area contributed by atoms with E-state index in [0.29, 0.717) is 24.7 Å². The first kappa shape index (κ1) is 17.6. The number of hydrogen-bond donors (Lipinski definition) is 1. The molecule has 2 aromatic rings. The number of carbonyl (C=O) groups is 2. The van der Waals surface area contributed by atoms with Crippen molar-refractivity contribution in [3.05, 3.63) is 45.4 Å². The van der Waals surface area contributed by atoms with Gasteiger partial charge in [-0.25, -0.2) is 9.78 Å². The number of ketones is 1. The minimum absolute atomic E-state index is 0.00726. The number of benzene rings is 1. The first-order valence-corrected chi connectivity index (χ1v) is 9.41. The van der Waals surface area contributed by atoms with Crippen LogP contribution >= 0.6 is 11.3 Å². The second-order valence-electron chi connectivity index (χ2n) is 6.64. The molecule has 2 amide bonds. The molecule has 0 bridgehead atoms. The second kappa shape index (κ2) is 7.35. The number of piperidine rings is 1. The smallest absolute Gasteiger partial charge is 0.321 e. The van der Waals surface area contributed by atoms with Crippen LogP contribution in [0.4, 0.5) is 10.5 Å². The first-order chi connectivity index (χ1) is 11.9. The number of Topliss-reactive ketones (excluding diaryl/α,β-unsaturated/α-hetero) is 1. The summed E-state index contributed by atoms with van der Waals surface area (Å²) in [6.07, 6.45) is 1.76. The summed E-state index contributed by atoms with van der Waals surface area (Å²) in [7, 11) is 0. The van der Waals surface area contributed by atoms with Crippen molar-refractivity contribution >= 4 is 28.8 Å². The molecular weight excluding hydrogens is 334 g/mol. The van der Waals surface area contributed by atoms with Gasteiger partial charge in [0.05, 0.1) is 5.01 Å². The van der Waals surface area contributed by atoms with E-state index in [1.165, 1.54) is 0 Å². The summed E-state index contributed by atoms with van der Waals surface area (Å²) >= 11 is 1.55. The molecule has 1 aromatic carbocycles. The highest BCUT2D eigenvalue weighted by molar-refractivity contribution is 7.09. The van der Waals surface area contributed by atoms with Crippen LogP contribution in [-0.4, -0.2) is 34.8 Å². The van der Waals surface area contributed by atoms with Gasteiger partial charge in [-0.05, 0) is 43.9 Å². The van der Waals surface area contributed by atoms with Gasteiger partial charge in [-0.15, -0.1) is 11.3 Å². The van der Waals surface area contributed by atoms with E-state index in [0.717, 1.165) is 34.7 Å². The lowest BCUT2D eigenvalue weighted by Gasteiger charge is -2.31. The fourth-order valence-electron chi connectivity index (χ4n) is 3.03. The number of urea groups is 1. The third kappa shape index (κ3) is 4.07. The molecule has 0 unspecified atom stereocenters. The van der Waals surface area contributed by atoms with Gasteiger partial charge in [-0.1, -0.05) is 12.1 Å². The molecule has 0 atom stereocenters. The lowest BCUT2D eigenvalue weighted by Crippen LogP contribution is -2.40. The lowest BCUT2D eigenvalue weighted by atomic mass is 9.98. The van der Waals surface area contributed by atoms with E-state index >= 15 is 0 Å². The van der Waals surface area contributed by atoms with Crippen LogP contribution in [-0.2, 0) is 0 Å². The molecule has 1 N–H and O–H groups in total. The Labute approximate surface area is 152 Å². The molecule has 0 aliphatic carbocycles. The quantitative estimate of drug-likeness (QED) is 0.830. The van der Waals surface area contributed by atoms with Gasteiger partial charge >= 0.3 is 6.03 Å². The molecule has 1 fully saturated rings. The summed E-state index contributed by atoms with van der Waals surface area (Å²) in [6.45, 7) is 6.96. The molecule has 3 rings (SSSR count). The molecule has 6 heteroatoms. The summed E-state index contributed by atoms with van der Waals surface area (Å²) in [5, 5.41) is 5.87. The predicted octanol–water partition coefficient (Wildman–Crippen LogP) is 4.37. The van der Waals surface area contributed by atoms with Crippen molar-refractivity contribution in [3.63, 3.8) is 0 Å². The minimum Gasteiger partial charge on any atom is -0.324 e. The average molecular weight is 357 g/mol. The SMILES string of the molecule is CC(=O)c1csc(C2CCN(C(=O)Nc3cc(C)ccc3C)CC2)n1. The van der Waals surface area contributed by atoms with E-state index < -0.39 is 0 Å². The highest BCUT2D eigenvalue weighted by Gasteiger charge is 2.26. The summed E-state index contributed by atoms with van der Waals surface area (Å²) in [4.78, 5) is 30.2. The molecule has 0 radical (unpaired) electrons. The molecule has 25 heavy (non-hydrogen) atoms. The molecule has 1 aliphatic rings. The van der Waals surface area contributed by atoms with Gasteiger partial charge in [0.25, 0.3) is 0 Å². The van der Waals surface area contributed by atoms with Crippen LogP contribution in [0.2, 0.25) is 0 Å². The molecule has 0 saturated carbocycles. The molecule has 2 heterocycles. The third-order valence-corrected chi connectivity index (χ3v) is 5.66. The minimum atomic E-state index is -0.0456. The number of likely N-dealkylation sites (tertiary alicyclic amines) is 1. The number of aromatic nitrogens is 1. The summed E-state index contributed by atoms with van der Waals surface area (Å²) in [5.74, 6) is 0.343. The molecule has 1 aliphatic heterocycles. The molecular formula is C19H23N3O2S. The zero-order valence-corrected chi connectivity index (χ0v) is 15.7. The van der Waals surface area contributed by atoms with Gasteiger partial charge in [0.15, 0.2) is 5.78 Å². The highest BCUT2D eigenvalue weighted by atomic mass is 32.1. The summed E-state index contributed by atoms with van der Waals surface area (Å²) < 4.78 is 0. The van der Waals surface area contributed by atoms with E-state index in [-0.39, 0.29) is 11.8 Å². The standard InChI is InChI=1S/C19H23N3O2S/c1-12-4-5-13(2)16(10-12)21-19(24)22-8-6-15(7-9-22)18-20-17(11-25-18)14(3)23/h4-5,10-11,15H,6-9H2,1-3H3,(H,21,24). The third-order valence-electron chi connectivity index (χ3n) is 4.65. The lowest BCUT2D eigenvalue weighted by molar-refractivity contribution is 0.101. The maximum Gasteiger partial charge on any atom is 0.321 e. The molecule has 5 nitrogen and oxygen atoms in total. The number of carbonyl (C=O) groups excluding carboxylic acids is 2. The number of rotatable bonds is 3. The number of anilines is 1. The maximum atomic E-state index is 12.5. The summed E-state index contributed by atoms with van der Waals surface area (Å²) in [6, 6.07) is 6.01. The van der Waals surface area contributed by atoms with E-state index in [9.17, 15) is 9.59 Å². The number of nitrogens with zero attached hydrogens (tertiary/aromatic N) is 2. The highest BCUT2D eigenvalue weighted by Crippen LogP contribution is 2.30. The van der Waals surface area contributed by atoms with Gasteiger partial charge in [0.2, 0.25) is 0 Å². The van der Waals surface area contributed by atoms with Gasteiger partial charge in [-0.3, -0.25) is 4.79 Å². The van der Waals surface area contributed by atoms with Crippen LogP contribution in [0.15, 0.2) is 23.6 Å². The Hall–Kier alpha value is -2.21. The van der Waals surface area contributed by atoms with Crippen molar-refractivity contribution < 1.29 is 9.59 Å². The topological polar surface area (TPSA) is 62.3 Å². The summed E-state index contributed by atoms with van der Waals surface area (Å²) in [5.41, 5.74) is 3.62. The Morgan fingerprint density at radius 1 is 1.24 bits per heavy atom. The molecule has 132 valence electrons. The fourth-order valence-corrected chi connectivity index (χ4v) is 4.06. The van der Waals surface area contributed by atoms with Crippen molar-refractivity contribution in [2.45, 2.75) is 39.5 Å². The second-order valence-corrected chi connectivity index (χ2v) is 7.53. The van der Waals surface area contributed by atoms with Gasteiger partial charge in [0, 0.05) is 37.0 Å². The van der Waals surface area contributed by atoms with E-state index in [4.69, 9.17) is 0 Å². The van der Waals surface area contributed by atoms with Crippen LogP contribution in [0.1, 0.15) is 52.3 Å². The van der Waals surface area contributed by atoms with E-state index in [2.05, 4.69) is 10.3 Å². The largest absolute Gasteiger partial charge is 0.324 e. The monoisotopic (exact) mass is 357 g/mol. The van der Waals surface area contributed by atoms with Crippen molar-refractivity contribution in [3.8, 4) is 0 Å². The number of nitrogens with one attached hydrogen (secondary N) is 1. The number of hydrogen-bond acceptors (Lipinski definition) is 4. The number of thiazole rings is 1. The predicted molar refractivity (Wildman–Crippen MR) is 101 cm³/mol. The van der Waals surface area contributed by atoms with Crippen LogP contribution < -0.4 is 5.32 Å². The fraction of sp³-hybridized carbons (Fsp3) is 0.421. The van der Waals surface area contributed by atoms with Crippen molar-refractivity contribution in [2.24, 2.45) is 0 Å². The normalized spacial score (nSPS) is 15.2. The van der Waals surface area contributed by atoms with E-state index in [1.54, 1.807) is 18.3 Å². The van der Waals surface area contributed by atoms with Crippen LogP contribution in [0.3, 0.4) is 0 Å². The Morgan fingerprint density at radius 3 is 2.60 bits per heavy atom. The van der Waals surface area contributed by atoms with Crippen molar-refractivity contribution in [2.75, 3.05) is 18.4 Å². The average Bonchev–Trinajstić information content (AvgIpc) is 3.08. The van der Waals surface area contributed by atoms with E-state index in [1.807, 2.05) is 42.3 Å². The Morgan fingerprint density at radius 2 is 1.96 bits per heavy atom. The van der Waals surface area contributed by atoms with Crippen molar-refractivity contribution in [1.29, 1.82) is 0 Å². The Bertz CT molecular complexity index is 792. The van der Waals surface area contributed by atoms with Crippen LogP contribution in [0, 0.1) is 13.8 Å². The molecule has 1 aromatic heterocycles. The Balaban J connectivity index is 1.58. The zero-order valence-electron chi connectivity index (χ0n) is 14.8. The number of aryl methyl sites for hydroxylation is 2. The Kier molecular flexibility index (Phi) is 5.18. The van der Waals surface area contributed by atoms with Gasteiger partial charge < -0.3 is 10.2 Å². The van der Waals surface area contributed by atoms with Gasteiger partial charge in [-0.2, -0.15) is 0 Å². The molecule has 0 spiro atoms.